The summed E-state index contributed by atoms with van der Waals surface area (Å²) in [5.74, 6) is -1.97. The van der Waals surface area contributed by atoms with Crippen molar-refractivity contribution in [3.8, 4) is 22.7 Å². The molecule has 12 heteroatoms. The summed E-state index contributed by atoms with van der Waals surface area (Å²) in [6, 6.07) is 8.41. The normalized spacial score (nSPS) is 18.2. The molecule has 3 heterocycles. The van der Waals surface area contributed by atoms with Crippen molar-refractivity contribution in [1.29, 1.82) is 0 Å². The number of pyridine rings is 1. The number of amides is 2. The molecule has 2 amide bonds. The summed E-state index contributed by atoms with van der Waals surface area (Å²) >= 11 is 6.04. The Balaban J connectivity index is 1.71. The number of rotatable bonds is 5. The van der Waals surface area contributed by atoms with E-state index in [0.29, 0.717) is 22.0 Å². The zero-order valence-electron chi connectivity index (χ0n) is 17.1. The van der Waals surface area contributed by atoms with E-state index in [1.54, 1.807) is 19.1 Å². The second-order valence-electron chi connectivity index (χ2n) is 7.39. The number of halogens is 4. The highest BCUT2D eigenvalue weighted by atomic mass is 35.5. The Morgan fingerprint density at radius 2 is 2.06 bits per heavy atom. The van der Waals surface area contributed by atoms with Crippen LogP contribution < -0.4 is 15.4 Å². The summed E-state index contributed by atoms with van der Waals surface area (Å²) in [6.07, 6.45) is -1.97. The van der Waals surface area contributed by atoms with Crippen LogP contribution in [-0.4, -0.2) is 39.5 Å². The number of nitrogens with one attached hydrogen (secondary N) is 2. The Kier molecular flexibility index (Phi) is 5.98. The predicted octanol–water partition coefficient (Wildman–Crippen LogP) is 3.81. The molecule has 2 N–H and O–H groups in total. The molecule has 1 aliphatic heterocycles. The van der Waals surface area contributed by atoms with E-state index in [2.05, 4.69) is 25.5 Å². The lowest BCUT2D eigenvalue weighted by Gasteiger charge is -2.11. The molecule has 2 aromatic heterocycles. The van der Waals surface area contributed by atoms with Gasteiger partial charge in [0.1, 0.15) is 5.75 Å². The van der Waals surface area contributed by atoms with E-state index < -0.39 is 29.9 Å². The van der Waals surface area contributed by atoms with Crippen LogP contribution in [0, 0.1) is 11.8 Å². The summed E-state index contributed by atoms with van der Waals surface area (Å²) < 4.78 is 43.4. The highest BCUT2D eigenvalue weighted by Gasteiger charge is 2.36. The maximum Gasteiger partial charge on any atom is 0.573 e. The third kappa shape index (κ3) is 5.08. The van der Waals surface area contributed by atoms with E-state index in [1.165, 1.54) is 41.3 Å². The van der Waals surface area contributed by atoms with E-state index in [4.69, 9.17) is 11.6 Å². The molecule has 0 saturated carbocycles. The van der Waals surface area contributed by atoms with Crippen LogP contribution in [-0.2, 0) is 9.59 Å². The molecule has 33 heavy (non-hydrogen) atoms. The van der Waals surface area contributed by atoms with Gasteiger partial charge < -0.3 is 15.4 Å². The fourth-order valence-corrected chi connectivity index (χ4v) is 3.65. The lowest BCUT2D eigenvalue weighted by molar-refractivity contribution is -0.274. The van der Waals surface area contributed by atoms with Crippen molar-refractivity contribution < 1.29 is 27.5 Å². The first kappa shape index (κ1) is 22.6. The summed E-state index contributed by atoms with van der Waals surface area (Å²) in [5, 5.41) is 10.00. The molecule has 172 valence electrons. The second kappa shape index (κ2) is 8.74. The monoisotopic (exact) mass is 479 g/mol. The lowest BCUT2D eigenvalue weighted by Crippen LogP contribution is -2.28. The number of nitrogens with zero attached hydrogens (tertiary/aromatic N) is 3. The summed E-state index contributed by atoms with van der Waals surface area (Å²) in [4.78, 5) is 28.4. The van der Waals surface area contributed by atoms with Gasteiger partial charge in [-0.1, -0.05) is 30.7 Å². The zero-order valence-corrected chi connectivity index (χ0v) is 17.8. The number of benzene rings is 1. The van der Waals surface area contributed by atoms with E-state index in [1.807, 2.05) is 0 Å². The maximum absolute atomic E-state index is 12.7. The van der Waals surface area contributed by atoms with Gasteiger partial charge >= 0.3 is 6.36 Å². The predicted molar refractivity (Wildman–Crippen MR) is 113 cm³/mol. The molecule has 1 saturated heterocycles. The minimum absolute atomic E-state index is 0.142. The number of carbonyl (C=O) groups excluding carboxylic acids is 2. The molecule has 0 unspecified atom stereocenters. The Morgan fingerprint density at radius 1 is 1.27 bits per heavy atom. The van der Waals surface area contributed by atoms with Crippen LogP contribution >= 0.6 is 11.6 Å². The van der Waals surface area contributed by atoms with Crippen LogP contribution in [0.1, 0.15) is 6.92 Å². The lowest BCUT2D eigenvalue weighted by atomic mass is 9.97. The summed E-state index contributed by atoms with van der Waals surface area (Å²) in [6.45, 7) is 1.86. The number of hydrogen-bond donors (Lipinski definition) is 2. The average Bonchev–Trinajstić information content (AvgIpc) is 3.30. The Labute approximate surface area is 190 Å². The van der Waals surface area contributed by atoms with Crippen LogP contribution in [0.4, 0.5) is 19.0 Å². The number of carbonyl (C=O) groups is 2. The van der Waals surface area contributed by atoms with Gasteiger partial charge in [0.05, 0.1) is 28.5 Å². The van der Waals surface area contributed by atoms with Gasteiger partial charge in [0.15, 0.2) is 5.82 Å². The topological polar surface area (TPSA) is 98.1 Å². The largest absolute Gasteiger partial charge is 0.573 e. The van der Waals surface area contributed by atoms with Gasteiger partial charge in [-0.3, -0.25) is 14.6 Å². The van der Waals surface area contributed by atoms with Crippen LogP contribution in [0.25, 0.3) is 16.9 Å². The molecule has 0 bridgehead atoms. The standard InChI is InChI=1S/C21H17ClF3N5O3/c1-11-16(10-27-19(11)31)20(32)28-18-7-17(30(29-18)14-6-13(22)8-26-9-14)12-3-2-4-15(5-12)33-21(23,24)25/h2-9,11,16H,10H2,1H3,(H,27,31)(H,28,29,32)/t11-,16+/m1/s1. The highest BCUT2D eigenvalue weighted by molar-refractivity contribution is 6.30. The molecule has 4 rings (SSSR count). The first-order valence-corrected chi connectivity index (χ1v) is 10.1. The van der Waals surface area contributed by atoms with Gasteiger partial charge in [0.2, 0.25) is 11.8 Å². The number of anilines is 1. The molecular weight excluding hydrogens is 463 g/mol. The fourth-order valence-electron chi connectivity index (χ4n) is 3.48. The number of hydrogen-bond acceptors (Lipinski definition) is 5. The van der Waals surface area contributed by atoms with Crippen LogP contribution in [0.15, 0.2) is 48.8 Å². The Hall–Kier alpha value is -3.60. The molecule has 1 fully saturated rings. The minimum atomic E-state index is -4.85. The number of ether oxygens (including phenoxy) is 1. The van der Waals surface area contributed by atoms with Gasteiger partial charge in [0.25, 0.3) is 0 Å². The Bertz CT molecular complexity index is 1210. The molecule has 8 nitrogen and oxygen atoms in total. The first-order valence-electron chi connectivity index (χ1n) is 9.76. The molecular formula is C21H17ClF3N5O3. The highest BCUT2D eigenvalue weighted by Crippen LogP contribution is 2.31. The van der Waals surface area contributed by atoms with Crippen molar-refractivity contribution in [1.82, 2.24) is 20.1 Å². The van der Waals surface area contributed by atoms with Crippen molar-refractivity contribution in [3.63, 3.8) is 0 Å². The molecule has 1 aliphatic rings. The van der Waals surface area contributed by atoms with Gasteiger partial charge in [-0.25, -0.2) is 4.68 Å². The maximum atomic E-state index is 12.7. The zero-order chi connectivity index (χ0) is 23.8. The quantitative estimate of drug-likeness (QED) is 0.580. The summed E-state index contributed by atoms with van der Waals surface area (Å²) in [5.41, 5.74) is 1.12. The molecule has 2 atom stereocenters. The van der Waals surface area contributed by atoms with Gasteiger partial charge in [0, 0.05) is 30.3 Å². The van der Waals surface area contributed by atoms with E-state index >= 15 is 0 Å². The summed E-state index contributed by atoms with van der Waals surface area (Å²) in [7, 11) is 0. The van der Waals surface area contributed by atoms with Gasteiger partial charge in [-0.2, -0.15) is 0 Å². The Morgan fingerprint density at radius 3 is 2.73 bits per heavy atom. The third-order valence-corrected chi connectivity index (χ3v) is 5.32. The van der Waals surface area contributed by atoms with Gasteiger partial charge in [-0.15, -0.1) is 18.3 Å². The molecule has 0 spiro atoms. The van der Waals surface area contributed by atoms with E-state index in [-0.39, 0.29) is 18.3 Å². The van der Waals surface area contributed by atoms with Crippen molar-refractivity contribution in [2.24, 2.45) is 11.8 Å². The number of aromatic nitrogens is 3. The van der Waals surface area contributed by atoms with Crippen LogP contribution in [0.2, 0.25) is 5.02 Å². The smallest absolute Gasteiger partial charge is 0.406 e. The van der Waals surface area contributed by atoms with Crippen molar-refractivity contribution >= 4 is 29.2 Å². The van der Waals surface area contributed by atoms with Crippen molar-refractivity contribution in [2.45, 2.75) is 13.3 Å². The van der Waals surface area contributed by atoms with E-state index in [9.17, 15) is 22.8 Å². The first-order chi connectivity index (χ1) is 15.6. The SMILES string of the molecule is C[C@H]1C(=O)NC[C@@H]1C(=O)Nc1cc(-c2cccc(OC(F)(F)F)c2)n(-c2cncc(Cl)c2)n1. The number of alkyl halides is 3. The van der Waals surface area contributed by atoms with Crippen LogP contribution in [0.3, 0.4) is 0 Å². The fraction of sp³-hybridized carbons (Fsp3) is 0.238. The minimum Gasteiger partial charge on any atom is -0.406 e. The van der Waals surface area contributed by atoms with Crippen LogP contribution in [0.5, 0.6) is 5.75 Å². The molecule has 0 radical (unpaired) electrons. The van der Waals surface area contributed by atoms with E-state index in [0.717, 1.165) is 0 Å². The van der Waals surface area contributed by atoms with Crippen molar-refractivity contribution in [2.75, 3.05) is 11.9 Å². The average molecular weight is 480 g/mol. The second-order valence-corrected chi connectivity index (χ2v) is 7.83. The molecule has 1 aromatic carbocycles. The van der Waals surface area contributed by atoms with Gasteiger partial charge in [-0.05, 0) is 18.2 Å². The molecule has 3 aromatic rings. The third-order valence-electron chi connectivity index (χ3n) is 5.11. The molecule has 0 aliphatic carbocycles. The van der Waals surface area contributed by atoms with Crippen molar-refractivity contribution in [3.05, 3.63) is 53.8 Å².